The SMILES string of the molecule is CC(N=C1NS(=O)(=O)c2ccccc21)C(=O)OCc1nnc(-c2ccc(Br)s2)o1. The third-order valence-corrected chi connectivity index (χ3v) is 6.92. The predicted molar refractivity (Wildman–Crippen MR) is 108 cm³/mol. The van der Waals surface area contributed by atoms with E-state index >= 15 is 0 Å². The molecule has 0 saturated carbocycles. The van der Waals surface area contributed by atoms with Crippen LogP contribution in [0.25, 0.3) is 10.8 Å². The maximum absolute atomic E-state index is 12.3. The Morgan fingerprint density at radius 2 is 2.10 bits per heavy atom. The van der Waals surface area contributed by atoms with Crippen LogP contribution in [0.2, 0.25) is 0 Å². The number of rotatable bonds is 5. The number of esters is 1. The summed E-state index contributed by atoms with van der Waals surface area (Å²) in [5.74, 6) is -0.0743. The molecule has 1 atom stereocenters. The molecule has 1 aliphatic heterocycles. The molecule has 0 aliphatic carbocycles. The number of nitrogens with zero attached hydrogens (tertiary/aromatic N) is 3. The van der Waals surface area contributed by atoms with Crippen LogP contribution in [0.15, 0.2) is 54.5 Å². The summed E-state index contributed by atoms with van der Waals surface area (Å²) in [6, 6.07) is 9.16. The van der Waals surface area contributed by atoms with Crippen LogP contribution in [0.1, 0.15) is 18.4 Å². The smallest absolute Gasteiger partial charge is 0.331 e. The number of carbonyl (C=O) groups is 1. The Balaban J connectivity index is 1.42. The molecule has 0 fully saturated rings. The van der Waals surface area contributed by atoms with Crippen molar-refractivity contribution in [1.29, 1.82) is 0 Å². The van der Waals surface area contributed by atoms with Crippen LogP contribution in [-0.4, -0.2) is 36.5 Å². The summed E-state index contributed by atoms with van der Waals surface area (Å²) < 4.78 is 38.1. The first-order valence-corrected chi connectivity index (χ1v) is 11.4. The Hall–Kier alpha value is -2.57. The summed E-state index contributed by atoms with van der Waals surface area (Å²) in [5.41, 5.74) is 0.413. The van der Waals surface area contributed by atoms with Crippen molar-refractivity contribution in [3.8, 4) is 10.8 Å². The summed E-state index contributed by atoms with van der Waals surface area (Å²) >= 11 is 4.79. The van der Waals surface area contributed by atoms with Gasteiger partial charge in [-0.3, -0.25) is 9.71 Å². The van der Waals surface area contributed by atoms with Crippen molar-refractivity contribution < 1.29 is 22.4 Å². The lowest BCUT2D eigenvalue weighted by molar-refractivity contribution is -0.146. The highest BCUT2D eigenvalue weighted by Gasteiger charge is 2.31. The summed E-state index contributed by atoms with van der Waals surface area (Å²) in [4.78, 5) is 17.3. The number of carbonyl (C=O) groups excluding carboxylic acids is 1. The molecule has 0 spiro atoms. The van der Waals surface area contributed by atoms with Crippen molar-refractivity contribution in [1.82, 2.24) is 14.9 Å². The largest absolute Gasteiger partial charge is 0.454 e. The molecule has 3 heterocycles. The first-order valence-electron chi connectivity index (χ1n) is 8.28. The van der Waals surface area contributed by atoms with Gasteiger partial charge in [-0.05, 0) is 47.1 Å². The average molecular weight is 497 g/mol. The Bertz CT molecular complexity index is 1220. The number of amidine groups is 1. The van der Waals surface area contributed by atoms with Crippen LogP contribution < -0.4 is 4.72 Å². The summed E-state index contributed by atoms with van der Waals surface area (Å²) in [6.45, 7) is 1.29. The number of fused-ring (bicyclic) bond motifs is 1. The van der Waals surface area contributed by atoms with E-state index in [2.05, 4.69) is 35.8 Å². The fourth-order valence-corrected chi connectivity index (χ4v) is 5.12. The fourth-order valence-electron chi connectivity index (χ4n) is 2.57. The molecule has 12 heteroatoms. The van der Waals surface area contributed by atoms with Gasteiger partial charge in [0.25, 0.3) is 21.8 Å². The first-order chi connectivity index (χ1) is 13.8. The highest BCUT2D eigenvalue weighted by Crippen LogP contribution is 2.30. The molecule has 29 heavy (non-hydrogen) atoms. The zero-order valence-electron chi connectivity index (χ0n) is 14.8. The second kappa shape index (κ2) is 7.69. The van der Waals surface area contributed by atoms with E-state index in [0.717, 1.165) is 8.66 Å². The summed E-state index contributed by atoms with van der Waals surface area (Å²) in [5, 5.41) is 7.78. The van der Waals surface area contributed by atoms with Gasteiger partial charge in [-0.15, -0.1) is 21.5 Å². The van der Waals surface area contributed by atoms with Crippen LogP contribution in [0.4, 0.5) is 0 Å². The Kier molecular flexibility index (Phi) is 5.23. The van der Waals surface area contributed by atoms with E-state index in [9.17, 15) is 13.2 Å². The van der Waals surface area contributed by atoms with Crippen molar-refractivity contribution in [3.63, 3.8) is 0 Å². The molecule has 3 aromatic rings. The van der Waals surface area contributed by atoms with E-state index < -0.39 is 22.0 Å². The van der Waals surface area contributed by atoms with Crippen LogP contribution in [0.3, 0.4) is 0 Å². The van der Waals surface area contributed by atoms with Gasteiger partial charge in [0.05, 0.1) is 13.6 Å². The zero-order chi connectivity index (χ0) is 20.6. The minimum atomic E-state index is -3.67. The molecule has 2 aromatic heterocycles. The van der Waals surface area contributed by atoms with Crippen LogP contribution in [0.5, 0.6) is 0 Å². The average Bonchev–Trinajstić information content (AvgIpc) is 3.39. The fraction of sp³-hybridized carbons (Fsp3) is 0.176. The van der Waals surface area contributed by atoms with Gasteiger partial charge in [0, 0.05) is 5.56 Å². The number of nitrogens with one attached hydrogen (secondary N) is 1. The lowest BCUT2D eigenvalue weighted by Gasteiger charge is -2.07. The topological polar surface area (TPSA) is 124 Å². The monoisotopic (exact) mass is 496 g/mol. The molecule has 1 unspecified atom stereocenters. The number of aliphatic imine (C=N–C) groups is 1. The predicted octanol–water partition coefficient (Wildman–Crippen LogP) is 2.73. The van der Waals surface area contributed by atoms with Crippen molar-refractivity contribution in [2.75, 3.05) is 0 Å². The molecule has 1 aliphatic rings. The van der Waals surface area contributed by atoms with Gasteiger partial charge < -0.3 is 9.15 Å². The van der Waals surface area contributed by atoms with Gasteiger partial charge in [-0.2, -0.15) is 0 Å². The van der Waals surface area contributed by atoms with Gasteiger partial charge in [-0.1, -0.05) is 12.1 Å². The Labute approximate surface area is 178 Å². The molecule has 0 radical (unpaired) electrons. The summed E-state index contributed by atoms with van der Waals surface area (Å²) in [7, 11) is -3.67. The lowest BCUT2D eigenvalue weighted by atomic mass is 10.2. The normalized spacial score (nSPS) is 17.0. The Morgan fingerprint density at radius 3 is 2.86 bits per heavy atom. The van der Waals surface area contributed by atoms with Crippen molar-refractivity contribution >= 4 is 49.1 Å². The van der Waals surface area contributed by atoms with Gasteiger partial charge in [0.15, 0.2) is 6.61 Å². The van der Waals surface area contributed by atoms with E-state index in [1.807, 2.05) is 12.1 Å². The zero-order valence-corrected chi connectivity index (χ0v) is 18.0. The van der Waals surface area contributed by atoms with E-state index in [4.69, 9.17) is 9.15 Å². The van der Waals surface area contributed by atoms with Gasteiger partial charge in [-0.25, -0.2) is 13.2 Å². The van der Waals surface area contributed by atoms with Crippen molar-refractivity contribution in [2.45, 2.75) is 24.5 Å². The van der Waals surface area contributed by atoms with Crippen molar-refractivity contribution in [2.24, 2.45) is 4.99 Å². The molecule has 150 valence electrons. The summed E-state index contributed by atoms with van der Waals surface area (Å²) in [6.07, 6.45) is 0. The number of aromatic nitrogens is 2. The molecule has 9 nitrogen and oxygen atoms in total. The number of ether oxygens (including phenoxy) is 1. The van der Waals surface area contributed by atoms with E-state index in [1.165, 1.54) is 24.3 Å². The van der Waals surface area contributed by atoms with Gasteiger partial charge in [0.2, 0.25) is 0 Å². The second-order valence-corrected chi connectivity index (χ2v) is 10.1. The van der Waals surface area contributed by atoms with Crippen LogP contribution in [0, 0.1) is 0 Å². The maximum atomic E-state index is 12.3. The second-order valence-electron chi connectivity index (χ2n) is 5.97. The third-order valence-electron chi connectivity index (χ3n) is 3.92. The molecule has 4 rings (SSSR count). The molecule has 1 aromatic carbocycles. The molecule has 1 N–H and O–H groups in total. The highest BCUT2D eigenvalue weighted by molar-refractivity contribution is 9.11. The minimum Gasteiger partial charge on any atom is -0.454 e. The molecule has 0 bridgehead atoms. The van der Waals surface area contributed by atoms with E-state index in [0.29, 0.717) is 11.5 Å². The molecule has 0 amide bonds. The number of sulfonamides is 1. The number of hydrogen-bond donors (Lipinski definition) is 1. The van der Waals surface area contributed by atoms with E-state index in [1.54, 1.807) is 18.2 Å². The van der Waals surface area contributed by atoms with E-state index in [-0.39, 0.29) is 23.2 Å². The number of hydrogen-bond acceptors (Lipinski definition) is 9. The quantitative estimate of drug-likeness (QED) is 0.538. The third kappa shape index (κ3) is 4.09. The highest BCUT2D eigenvalue weighted by atomic mass is 79.9. The number of halogens is 1. The van der Waals surface area contributed by atoms with Crippen LogP contribution in [-0.2, 0) is 26.2 Å². The molecule has 0 saturated heterocycles. The molecular formula is C17H13BrN4O5S2. The standard InChI is InChI=1S/C17H13BrN4O5S2/c1-9(19-15-10-4-2-3-5-12(10)29(24,25)22-15)17(23)26-8-14-20-21-16(27-14)11-6-7-13(18)28-11/h2-7,9H,8H2,1H3,(H,19,22). The number of thiophene rings is 1. The van der Waals surface area contributed by atoms with Gasteiger partial charge >= 0.3 is 5.97 Å². The lowest BCUT2D eigenvalue weighted by Crippen LogP contribution is -2.26. The van der Waals surface area contributed by atoms with Gasteiger partial charge in [0.1, 0.15) is 11.9 Å². The molecular weight excluding hydrogens is 484 g/mol. The van der Waals surface area contributed by atoms with Crippen molar-refractivity contribution in [3.05, 3.63) is 51.6 Å². The minimum absolute atomic E-state index is 0.105. The Morgan fingerprint density at radius 1 is 1.31 bits per heavy atom. The number of benzene rings is 1. The maximum Gasteiger partial charge on any atom is 0.331 e. The first kappa shape index (κ1) is 19.7. The van der Waals surface area contributed by atoms with Crippen LogP contribution >= 0.6 is 27.3 Å².